The highest BCUT2D eigenvalue weighted by atomic mass is 79.9. The lowest BCUT2D eigenvalue weighted by Gasteiger charge is -2.11. The van der Waals surface area contributed by atoms with Gasteiger partial charge in [-0.1, -0.05) is 0 Å². The fraction of sp³-hybridized carbons (Fsp3) is 0.300. The lowest BCUT2D eigenvalue weighted by Crippen LogP contribution is -2.28. The second-order valence-corrected chi connectivity index (χ2v) is 3.95. The molecule has 0 bridgehead atoms. The lowest BCUT2D eigenvalue weighted by molar-refractivity contribution is 0.0960. The molecular formula is C10H11BrFNO2. The van der Waals surface area contributed by atoms with Gasteiger partial charge in [0.1, 0.15) is 5.75 Å². The Bertz CT molecular complexity index is 393. The molecule has 0 fully saturated rings. The molecule has 1 atom stereocenters. The van der Waals surface area contributed by atoms with Crippen LogP contribution in [0.2, 0.25) is 0 Å². The molecule has 82 valence electrons. The van der Waals surface area contributed by atoms with E-state index in [0.717, 1.165) is 0 Å². The molecule has 0 aliphatic carbocycles. The number of nitrogens with two attached hydrogens (primary N) is 1. The summed E-state index contributed by atoms with van der Waals surface area (Å²) in [4.78, 5) is 11.6. The van der Waals surface area contributed by atoms with Crippen molar-refractivity contribution in [2.45, 2.75) is 13.0 Å². The molecule has 0 radical (unpaired) electrons. The number of hydrogen-bond donors (Lipinski definition) is 1. The van der Waals surface area contributed by atoms with Gasteiger partial charge in [0, 0.05) is 0 Å². The number of carbonyl (C=O) groups excluding carboxylic acids is 1. The zero-order valence-corrected chi connectivity index (χ0v) is 9.97. The molecule has 15 heavy (non-hydrogen) atoms. The first-order chi connectivity index (χ1) is 6.99. The average molecular weight is 276 g/mol. The van der Waals surface area contributed by atoms with Crippen molar-refractivity contribution in [1.82, 2.24) is 0 Å². The van der Waals surface area contributed by atoms with E-state index in [2.05, 4.69) is 15.9 Å². The summed E-state index contributed by atoms with van der Waals surface area (Å²) in [5, 5.41) is 0. The second kappa shape index (κ2) is 4.72. The van der Waals surface area contributed by atoms with Crippen LogP contribution in [0.25, 0.3) is 0 Å². The number of methoxy groups -OCH3 is 1. The lowest BCUT2D eigenvalue weighted by atomic mass is 10.0. The summed E-state index contributed by atoms with van der Waals surface area (Å²) < 4.78 is 18.8. The molecule has 0 amide bonds. The van der Waals surface area contributed by atoms with Gasteiger partial charge >= 0.3 is 0 Å². The van der Waals surface area contributed by atoms with Crippen molar-refractivity contribution in [1.29, 1.82) is 0 Å². The number of ketones is 1. The number of Topliss-reactive ketones (excluding diaryl/α,β-unsaturated/α-hetero) is 1. The molecule has 0 heterocycles. The van der Waals surface area contributed by atoms with Crippen LogP contribution in [0.4, 0.5) is 4.39 Å². The Morgan fingerprint density at radius 2 is 2.20 bits per heavy atom. The summed E-state index contributed by atoms with van der Waals surface area (Å²) in [7, 11) is 1.38. The molecule has 0 saturated heterocycles. The van der Waals surface area contributed by atoms with Crippen LogP contribution in [-0.2, 0) is 0 Å². The van der Waals surface area contributed by atoms with Gasteiger partial charge in [-0.3, -0.25) is 4.79 Å². The summed E-state index contributed by atoms with van der Waals surface area (Å²) in [6.07, 6.45) is 0. The minimum atomic E-state index is -0.761. The highest BCUT2D eigenvalue weighted by molar-refractivity contribution is 9.10. The van der Waals surface area contributed by atoms with Crippen molar-refractivity contribution < 1.29 is 13.9 Å². The molecule has 3 nitrogen and oxygen atoms in total. The van der Waals surface area contributed by atoms with E-state index in [0.29, 0.717) is 0 Å². The van der Waals surface area contributed by atoms with Crippen molar-refractivity contribution >= 4 is 21.7 Å². The Morgan fingerprint density at radius 3 is 2.67 bits per heavy atom. The first-order valence-corrected chi connectivity index (χ1v) is 5.10. The number of hydrogen-bond acceptors (Lipinski definition) is 3. The van der Waals surface area contributed by atoms with Crippen LogP contribution in [0.3, 0.4) is 0 Å². The fourth-order valence-corrected chi connectivity index (χ4v) is 1.49. The van der Waals surface area contributed by atoms with E-state index in [-0.39, 0.29) is 15.8 Å². The number of halogens is 2. The Morgan fingerprint density at radius 1 is 1.60 bits per heavy atom. The van der Waals surface area contributed by atoms with E-state index in [4.69, 9.17) is 10.5 Å². The molecule has 1 aromatic carbocycles. The molecule has 0 spiro atoms. The summed E-state index contributed by atoms with van der Waals surface area (Å²) >= 11 is 3.00. The van der Waals surface area contributed by atoms with Gasteiger partial charge in [-0.2, -0.15) is 0 Å². The molecular weight excluding hydrogens is 265 g/mol. The van der Waals surface area contributed by atoms with E-state index in [1.807, 2.05) is 0 Å². The van der Waals surface area contributed by atoms with Crippen LogP contribution in [-0.4, -0.2) is 18.9 Å². The Kier molecular flexibility index (Phi) is 3.82. The number of rotatable bonds is 3. The SMILES string of the molecule is COc1ccc(Br)c(F)c1C(=O)C(C)N. The van der Waals surface area contributed by atoms with Crippen LogP contribution >= 0.6 is 15.9 Å². The van der Waals surface area contributed by atoms with Crippen LogP contribution in [0.1, 0.15) is 17.3 Å². The standard InChI is InChI=1S/C10H11BrFNO2/c1-5(13)10(14)8-7(15-2)4-3-6(11)9(8)12/h3-5H,13H2,1-2H3. The zero-order chi connectivity index (χ0) is 11.6. The number of carbonyl (C=O) groups is 1. The highest BCUT2D eigenvalue weighted by Gasteiger charge is 2.22. The molecule has 0 aromatic heterocycles. The molecule has 0 saturated carbocycles. The minimum absolute atomic E-state index is 0.109. The third-order valence-electron chi connectivity index (χ3n) is 1.94. The van der Waals surface area contributed by atoms with Gasteiger partial charge < -0.3 is 10.5 Å². The van der Waals surface area contributed by atoms with Gasteiger partial charge in [-0.25, -0.2) is 4.39 Å². The second-order valence-electron chi connectivity index (χ2n) is 3.09. The van der Waals surface area contributed by atoms with E-state index in [1.165, 1.54) is 26.2 Å². The van der Waals surface area contributed by atoms with Gasteiger partial charge in [-0.05, 0) is 35.0 Å². The van der Waals surface area contributed by atoms with Crippen LogP contribution in [0, 0.1) is 5.82 Å². The molecule has 0 aliphatic rings. The van der Waals surface area contributed by atoms with Gasteiger partial charge in [0.15, 0.2) is 11.6 Å². The molecule has 2 N–H and O–H groups in total. The van der Waals surface area contributed by atoms with E-state index >= 15 is 0 Å². The van der Waals surface area contributed by atoms with Crippen LogP contribution < -0.4 is 10.5 Å². The number of benzene rings is 1. The molecule has 0 aliphatic heterocycles. The van der Waals surface area contributed by atoms with E-state index < -0.39 is 17.6 Å². The molecule has 1 rings (SSSR count). The predicted molar refractivity (Wildman–Crippen MR) is 58.6 cm³/mol. The summed E-state index contributed by atoms with van der Waals surface area (Å²) in [5.74, 6) is -0.930. The van der Waals surface area contributed by atoms with Crippen molar-refractivity contribution in [3.8, 4) is 5.75 Å². The van der Waals surface area contributed by atoms with Crippen molar-refractivity contribution in [3.05, 3.63) is 28.0 Å². The van der Waals surface area contributed by atoms with Gasteiger partial charge in [0.25, 0.3) is 0 Å². The topological polar surface area (TPSA) is 52.3 Å². The zero-order valence-electron chi connectivity index (χ0n) is 8.38. The fourth-order valence-electron chi connectivity index (χ4n) is 1.16. The maximum absolute atomic E-state index is 13.7. The third-order valence-corrected chi connectivity index (χ3v) is 2.55. The first kappa shape index (κ1) is 12.1. The van der Waals surface area contributed by atoms with Crippen molar-refractivity contribution in [3.63, 3.8) is 0 Å². The van der Waals surface area contributed by atoms with E-state index in [9.17, 15) is 9.18 Å². The predicted octanol–water partition coefficient (Wildman–Crippen LogP) is 2.13. The third kappa shape index (κ3) is 2.35. The highest BCUT2D eigenvalue weighted by Crippen LogP contribution is 2.28. The monoisotopic (exact) mass is 275 g/mol. The van der Waals surface area contributed by atoms with Gasteiger partial charge in [0.2, 0.25) is 0 Å². The van der Waals surface area contributed by atoms with E-state index in [1.54, 1.807) is 0 Å². The molecule has 5 heteroatoms. The van der Waals surface area contributed by atoms with Gasteiger partial charge in [0.05, 0.1) is 23.2 Å². The van der Waals surface area contributed by atoms with Crippen molar-refractivity contribution in [2.24, 2.45) is 5.73 Å². The maximum Gasteiger partial charge on any atom is 0.185 e. The van der Waals surface area contributed by atoms with Crippen LogP contribution in [0.5, 0.6) is 5.75 Å². The minimum Gasteiger partial charge on any atom is -0.496 e. The molecule has 1 unspecified atom stereocenters. The first-order valence-electron chi connectivity index (χ1n) is 4.30. The van der Waals surface area contributed by atoms with Gasteiger partial charge in [-0.15, -0.1) is 0 Å². The Balaban J connectivity index is 3.36. The summed E-state index contributed by atoms with van der Waals surface area (Å²) in [6.45, 7) is 1.50. The quantitative estimate of drug-likeness (QED) is 0.860. The van der Waals surface area contributed by atoms with Crippen LogP contribution in [0.15, 0.2) is 16.6 Å². The summed E-state index contributed by atoms with van der Waals surface area (Å²) in [6, 6.07) is 2.23. The Hall–Kier alpha value is -0.940. The molecule has 1 aromatic rings. The Labute approximate surface area is 95.5 Å². The smallest absolute Gasteiger partial charge is 0.185 e. The largest absolute Gasteiger partial charge is 0.496 e. The maximum atomic E-state index is 13.7. The summed E-state index contributed by atoms with van der Waals surface area (Å²) in [5.41, 5.74) is 5.31. The van der Waals surface area contributed by atoms with Crippen molar-refractivity contribution in [2.75, 3.05) is 7.11 Å². The number of ether oxygens (including phenoxy) is 1. The average Bonchev–Trinajstić information content (AvgIpc) is 2.20. The normalized spacial score (nSPS) is 12.3.